The number of carbonyl (C=O) groups excluding carboxylic acids is 1. The van der Waals surface area contributed by atoms with Gasteiger partial charge < -0.3 is 14.6 Å². The van der Waals surface area contributed by atoms with Crippen LogP contribution in [-0.4, -0.2) is 17.6 Å². The number of pyridine rings is 1. The summed E-state index contributed by atoms with van der Waals surface area (Å²) in [7, 11) is 1.48. The number of para-hydroxylation sites is 1. The van der Waals surface area contributed by atoms with Crippen molar-refractivity contribution in [2.75, 3.05) is 12.4 Å². The number of hydrogen-bond donors (Lipinski definition) is 1. The molecule has 1 aromatic carbocycles. The van der Waals surface area contributed by atoms with Gasteiger partial charge in [0.1, 0.15) is 12.3 Å². The van der Waals surface area contributed by atoms with E-state index >= 15 is 0 Å². The lowest BCUT2D eigenvalue weighted by Gasteiger charge is -2.09. The van der Waals surface area contributed by atoms with E-state index in [0.29, 0.717) is 15.9 Å². The SMILES string of the molecule is COc1cc(=O)n(CC(=O)Nc2ccccc2)cc1Br. The lowest BCUT2D eigenvalue weighted by molar-refractivity contribution is -0.116. The monoisotopic (exact) mass is 336 g/mol. The lowest BCUT2D eigenvalue weighted by atomic mass is 10.3. The number of benzene rings is 1. The topological polar surface area (TPSA) is 60.3 Å². The summed E-state index contributed by atoms with van der Waals surface area (Å²) >= 11 is 3.28. The highest BCUT2D eigenvalue weighted by atomic mass is 79.9. The average Bonchev–Trinajstić information content (AvgIpc) is 2.43. The van der Waals surface area contributed by atoms with Crippen molar-refractivity contribution in [2.24, 2.45) is 0 Å². The van der Waals surface area contributed by atoms with Crippen LogP contribution in [0.5, 0.6) is 5.75 Å². The normalized spacial score (nSPS) is 10.1. The Morgan fingerprint density at radius 2 is 2.05 bits per heavy atom. The molecule has 1 N–H and O–H groups in total. The van der Waals surface area contributed by atoms with Gasteiger partial charge in [-0.25, -0.2) is 0 Å². The zero-order chi connectivity index (χ0) is 14.5. The van der Waals surface area contributed by atoms with Crippen LogP contribution in [0.2, 0.25) is 0 Å². The minimum absolute atomic E-state index is 0.0592. The first-order valence-electron chi connectivity index (χ1n) is 5.89. The van der Waals surface area contributed by atoms with Crippen molar-refractivity contribution in [1.29, 1.82) is 0 Å². The number of halogens is 1. The summed E-state index contributed by atoms with van der Waals surface area (Å²) in [5, 5.41) is 2.72. The molecule has 0 aliphatic heterocycles. The third-order valence-electron chi connectivity index (χ3n) is 2.63. The molecule has 0 aliphatic rings. The van der Waals surface area contributed by atoms with Gasteiger partial charge in [-0.3, -0.25) is 9.59 Å². The highest BCUT2D eigenvalue weighted by molar-refractivity contribution is 9.10. The highest BCUT2D eigenvalue weighted by Gasteiger charge is 2.08. The fraction of sp³-hybridized carbons (Fsp3) is 0.143. The van der Waals surface area contributed by atoms with Crippen LogP contribution in [0.1, 0.15) is 0 Å². The first-order chi connectivity index (χ1) is 9.60. The Morgan fingerprint density at radius 1 is 1.35 bits per heavy atom. The van der Waals surface area contributed by atoms with Gasteiger partial charge >= 0.3 is 0 Å². The summed E-state index contributed by atoms with van der Waals surface area (Å²) in [6.45, 7) is -0.0592. The zero-order valence-electron chi connectivity index (χ0n) is 10.8. The highest BCUT2D eigenvalue weighted by Crippen LogP contribution is 2.21. The molecule has 0 atom stereocenters. The Hall–Kier alpha value is -2.08. The van der Waals surface area contributed by atoms with E-state index in [9.17, 15) is 9.59 Å². The maximum atomic E-state index is 11.9. The fourth-order valence-corrected chi connectivity index (χ4v) is 2.21. The van der Waals surface area contributed by atoms with Crippen LogP contribution in [0.15, 0.2) is 51.9 Å². The molecule has 0 unspecified atom stereocenters. The Balaban J connectivity index is 2.12. The molecular formula is C14H13BrN2O3. The summed E-state index contributed by atoms with van der Waals surface area (Å²) in [6, 6.07) is 10.4. The minimum Gasteiger partial charge on any atom is -0.495 e. The van der Waals surface area contributed by atoms with Gasteiger partial charge in [-0.05, 0) is 28.1 Å². The second-order valence-electron chi connectivity index (χ2n) is 4.07. The van der Waals surface area contributed by atoms with Gasteiger partial charge in [-0.15, -0.1) is 0 Å². The van der Waals surface area contributed by atoms with E-state index < -0.39 is 0 Å². The van der Waals surface area contributed by atoms with Crippen molar-refractivity contribution in [3.8, 4) is 5.75 Å². The van der Waals surface area contributed by atoms with Crippen molar-refractivity contribution >= 4 is 27.5 Å². The minimum atomic E-state index is -0.298. The molecule has 0 radical (unpaired) electrons. The van der Waals surface area contributed by atoms with Crippen molar-refractivity contribution in [1.82, 2.24) is 4.57 Å². The molecule has 1 heterocycles. The molecule has 0 saturated heterocycles. The van der Waals surface area contributed by atoms with Crippen LogP contribution in [0.3, 0.4) is 0 Å². The Labute approximate surface area is 124 Å². The second kappa shape index (κ2) is 6.38. The summed E-state index contributed by atoms with van der Waals surface area (Å²) in [5.41, 5.74) is 0.395. The van der Waals surface area contributed by atoms with E-state index in [-0.39, 0.29) is 18.0 Å². The average molecular weight is 337 g/mol. The standard InChI is InChI=1S/C14H13BrN2O3/c1-20-12-7-14(19)17(8-11(12)15)9-13(18)16-10-5-3-2-4-6-10/h2-8H,9H2,1H3,(H,16,18). The fourth-order valence-electron chi connectivity index (χ4n) is 1.68. The van der Waals surface area contributed by atoms with Gasteiger partial charge in [0.2, 0.25) is 5.91 Å². The molecule has 0 spiro atoms. The molecule has 0 bridgehead atoms. The molecule has 2 rings (SSSR count). The van der Waals surface area contributed by atoms with Gasteiger partial charge in [0, 0.05) is 18.0 Å². The van der Waals surface area contributed by atoms with Crippen molar-refractivity contribution in [3.63, 3.8) is 0 Å². The predicted molar refractivity (Wildman–Crippen MR) is 80.0 cm³/mol. The molecular weight excluding hydrogens is 324 g/mol. The predicted octanol–water partition coefficient (Wildman–Crippen LogP) is 2.26. The van der Waals surface area contributed by atoms with Crippen LogP contribution in [-0.2, 0) is 11.3 Å². The van der Waals surface area contributed by atoms with Crippen molar-refractivity contribution < 1.29 is 9.53 Å². The van der Waals surface area contributed by atoms with Gasteiger partial charge in [-0.1, -0.05) is 18.2 Å². The molecule has 0 fully saturated rings. The van der Waals surface area contributed by atoms with Crippen LogP contribution in [0, 0.1) is 0 Å². The van der Waals surface area contributed by atoms with E-state index in [4.69, 9.17) is 4.74 Å². The third-order valence-corrected chi connectivity index (χ3v) is 3.23. The summed E-state index contributed by atoms with van der Waals surface area (Å²) < 4.78 is 6.95. The number of anilines is 1. The number of aromatic nitrogens is 1. The lowest BCUT2D eigenvalue weighted by Crippen LogP contribution is -2.27. The molecule has 5 nitrogen and oxygen atoms in total. The number of amides is 1. The molecule has 6 heteroatoms. The molecule has 0 aliphatic carbocycles. The van der Waals surface area contributed by atoms with Gasteiger partial charge in [0.15, 0.2) is 0 Å². The molecule has 1 aromatic heterocycles. The molecule has 104 valence electrons. The maximum Gasteiger partial charge on any atom is 0.254 e. The first kappa shape index (κ1) is 14.3. The van der Waals surface area contributed by atoms with E-state index in [1.807, 2.05) is 18.2 Å². The molecule has 20 heavy (non-hydrogen) atoms. The Kier molecular flexibility index (Phi) is 4.57. The largest absolute Gasteiger partial charge is 0.495 e. The number of nitrogens with one attached hydrogen (secondary N) is 1. The Bertz CT molecular complexity index is 668. The molecule has 0 saturated carbocycles. The number of carbonyl (C=O) groups is 1. The van der Waals surface area contributed by atoms with Gasteiger partial charge in [0.05, 0.1) is 11.6 Å². The van der Waals surface area contributed by atoms with E-state index in [0.717, 1.165) is 0 Å². The smallest absolute Gasteiger partial charge is 0.254 e. The molecule has 2 aromatic rings. The number of ether oxygens (including phenoxy) is 1. The quantitative estimate of drug-likeness (QED) is 0.931. The zero-order valence-corrected chi connectivity index (χ0v) is 12.4. The first-order valence-corrected chi connectivity index (χ1v) is 6.68. The molecule has 1 amide bonds. The Morgan fingerprint density at radius 3 is 2.70 bits per heavy atom. The number of hydrogen-bond acceptors (Lipinski definition) is 3. The van der Waals surface area contributed by atoms with E-state index in [1.54, 1.807) is 12.1 Å². The van der Waals surface area contributed by atoms with Crippen LogP contribution < -0.4 is 15.6 Å². The van der Waals surface area contributed by atoms with Gasteiger partial charge in [-0.2, -0.15) is 0 Å². The summed E-state index contributed by atoms with van der Waals surface area (Å²) in [5.74, 6) is 0.171. The van der Waals surface area contributed by atoms with Crippen LogP contribution in [0.25, 0.3) is 0 Å². The van der Waals surface area contributed by atoms with Crippen molar-refractivity contribution in [3.05, 3.63) is 57.4 Å². The van der Waals surface area contributed by atoms with Crippen molar-refractivity contribution in [2.45, 2.75) is 6.54 Å². The summed E-state index contributed by atoms with van der Waals surface area (Å²) in [6.07, 6.45) is 1.53. The van der Waals surface area contributed by atoms with E-state index in [1.165, 1.54) is 23.9 Å². The van der Waals surface area contributed by atoms with Crippen LogP contribution >= 0.6 is 15.9 Å². The number of rotatable bonds is 4. The summed E-state index contributed by atoms with van der Waals surface area (Å²) in [4.78, 5) is 23.7. The third kappa shape index (κ3) is 3.48. The number of methoxy groups -OCH3 is 1. The van der Waals surface area contributed by atoms with Crippen LogP contribution in [0.4, 0.5) is 5.69 Å². The maximum absolute atomic E-state index is 11.9. The van der Waals surface area contributed by atoms with E-state index in [2.05, 4.69) is 21.2 Å². The second-order valence-corrected chi connectivity index (χ2v) is 4.92. The van der Waals surface area contributed by atoms with Gasteiger partial charge in [0.25, 0.3) is 5.56 Å². The number of nitrogens with zero attached hydrogens (tertiary/aromatic N) is 1.